The van der Waals surface area contributed by atoms with Crippen LogP contribution in [0.25, 0.3) is 0 Å². The van der Waals surface area contributed by atoms with E-state index in [-0.39, 0.29) is 36.7 Å². The number of nitrogens with one attached hydrogen (secondary N) is 1. The van der Waals surface area contributed by atoms with Crippen LogP contribution in [0.2, 0.25) is 10.0 Å². The molecule has 39 heavy (non-hydrogen) atoms. The van der Waals surface area contributed by atoms with Gasteiger partial charge in [-0.2, -0.15) is 4.31 Å². The van der Waals surface area contributed by atoms with Crippen LogP contribution in [0.4, 0.5) is 4.79 Å². The van der Waals surface area contributed by atoms with E-state index in [1.54, 1.807) is 55.5 Å². The summed E-state index contributed by atoms with van der Waals surface area (Å²) in [6.45, 7) is 7.28. The Hall–Kier alpha value is -2.63. The van der Waals surface area contributed by atoms with Crippen molar-refractivity contribution in [3.63, 3.8) is 0 Å². The van der Waals surface area contributed by atoms with E-state index >= 15 is 0 Å². The van der Waals surface area contributed by atoms with Gasteiger partial charge in [0.25, 0.3) is 0 Å². The van der Waals surface area contributed by atoms with Crippen LogP contribution in [0.1, 0.15) is 32.4 Å². The lowest BCUT2D eigenvalue weighted by Gasteiger charge is -2.42. The number of carbonyl (C=O) groups excluding carboxylic acids is 2. The molecule has 0 unspecified atom stereocenters. The zero-order valence-electron chi connectivity index (χ0n) is 22.1. The minimum absolute atomic E-state index is 0.164. The molecule has 9 nitrogen and oxygen atoms in total. The number of benzene rings is 2. The summed E-state index contributed by atoms with van der Waals surface area (Å²) in [4.78, 5) is 30.4. The summed E-state index contributed by atoms with van der Waals surface area (Å²) in [5.41, 5.74) is 1.42. The molecule has 1 saturated heterocycles. The van der Waals surface area contributed by atoms with Gasteiger partial charge in [0.1, 0.15) is 0 Å². The zero-order chi connectivity index (χ0) is 28.3. The lowest BCUT2D eigenvalue weighted by molar-refractivity contribution is -0.139. The number of halogens is 2. The number of carbonyl (C=O) groups is 2. The number of nitrogens with zero attached hydrogens (tertiary/aromatic N) is 3. The standard InChI is InChI=1S/C27H32Cl2N4O5S/c1-4-32-23(17-31-13-14-33(18(3)16-31)39(36,37)20-9-7-6-8-10-20)24(26(34)38-5-2)25(30-27(32)35)19-11-12-21(28)22(29)15-19/h6-12,15,18,25H,4-5,13-14,16-17H2,1-3H3,(H,30,35)/t18-,25-/m0/s1. The molecule has 2 aliphatic rings. The molecule has 0 aliphatic carbocycles. The fraction of sp³-hybridized carbons (Fsp3) is 0.407. The number of piperazine rings is 1. The smallest absolute Gasteiger partial charge is 0.338 e. The first kappa shape index (κ1) is 29.4. The molecule has 4 rings (SSSR count). The topological polar surface area (TPSA) is 99.3 Å². The second-order valence-electron chi connectivity index (χ2n) is 9.39. The third-order valence-electron chi connectivity index (χ3n) is 6.90. The van der Waals surface area contributed by atoms with Gasteiger partial charge in [-0.15, -0.1) is 0 Å². The minimum atomic E-state index is -3.65. The van der Waals surface area contributed by atoms with Gasteiger partial charge in [0.05, 0.1) is 33.2 Å². The quantitative estimate of drug-likeness (QED) is 0.458. The molecule has 0 bridgehead atoms. The summed E-state index contributed by atoms with van der Waals surface area (Å²) in [7, 11) is -3.65. The number of hydrogen-bond acceptors (Lipinski definition) is 6. The summed E-state index contributed by atoms with van der Waals surface area (Å²) in [6.07, 6.45) is 0. The van der Waals surface area contributed by atoms with Crippen molar-refractivity contribution in [1.82, 2.24) is 19.4 Å². The highest BCUT2D eigenvalue weighted by molar-refractivity contribution is 7.89. The van der Waals surface area contributed by atoms with Crippen LogP contribution in [0.3, 0.4) is 0 Å². The molecule has 1 N–H and O–H groups in total. The molecule has 0 aromatic heterocycles. The average molecular weight is 596 g/mol. The molecule has 210 valence electrons. The van der Waals surface area contributed by atoms with Crippen molar-refractivity contribution in [2.45, 2.75) is 37.8 Å². The second-order valence-corrected chi connectivity index (χ2v) is 12.1. The molecule has 0 radical (unpaired) electrons. The van der Waals surface area contributed by atoms with E-state index in [0.717, 1.165) is 0 Å². The summed E-state index contributed by atoms with van der Waals surface area (Å²) in [6, 6.07) is 11.9. The van der Waals surface area contributed by atoms with Crippen molar-refractivity contribution >= 4 is 45.2 Å². The first-order chi connectivity index (χ1) is 18.6. The highest BCUT2D eigenvalue weighted by Gasteiger charge is 2.40. The molecule has 2 aliphatic heterocycles. The molecular weight excluding hydrogens is 563 g/mol. The van der Waals surface area contributed by atoms with Crippen LogP contribution in [0.15, 0.2) is 64.7 Å². The van der Waals surface area contributed by atoms with Gasteiger partial charge < -0.3 is 10.1 Å². The van der Waals surface area contributed by atoms with Gasteiger partial charge in [-0.25, -0.2) is 18.0 Å². The van der Waals surface area contributed by atoms with Crippen LogP contribution in [0, 0.1) is 0 Å². The molecule has 2 heterocycles. The Bertz CT molecular complexity index is 1370. The molecule has 12 heteroatoms. The fourth-order valence-electron chi connectivity index (χ4n) is 5.06. The number of amides is 2. The summed E-state index contributed by atoms with van der Waals surface area (Å²) >= 11 is 12.4. The maximum absolute atomic E-state index is 13.3. The molecule has 2 aromatic rings. The van der Waals surface area contributed by atoms with E-state index in [0.29, 0.717) is 46.5 Å². The molecule has 2 amide bonds. The van der Waals surface area contributed by atoms with Gasteiger partial charge >= 0.3 is 12.0 Å². The fourth-order valence-corrected chi connectivity index (χ4v) is 7.00. The van der Waals surface area contributed by atoms with Gasteiger partial charge in [0, 0.05) is 44.5 Å². The van der Waals surface area contributed by atoms with Gasteiger partial charge in [-0.05, 0) is 50.6 Å². The monoisotopic (exact) mass is 594 g/mol. The van der Waals surface area contributed by atoms with Crippen LogP contribution < -0.4 is 5.32 Å². The number of likely N-dealkylation sites (N-methyl/N-ethyl adjacent to an activating group) is 1. The number of sulfonamides is 1. The Balaban J connectivity index is 1.67. The average Bonchev–Trinajstić information content (AvgIpc) is 2.90. The highest BCUT2D eigenvalue weighted by atomic mass is 35.5. The minimum Gasteiger partial charge on any atom is -0.463 e. The third kappa shape index (κ3) is 6.10. The van der Waals surface area contributed by atoms with Crippen LogP contribution in [-0.4, -0.2) is 79.9 Å². The van der Waals surface area contributed by atoms with E-state index in [4.69, 9.17) is 27.9 Å². The van der Waals surface area contributed by atoms with Crippen molar-refractivity contribution in [1.29, 1.82) is 0 Å². The van der Waals surface area contributed by atoms with Gasteiger partial charge in [0.2, 0.25) is 10.0 Å². The first-order valence-corrected chi connectivity index (χ1v) is 15.0. The van der Waals surface area contributed by atoms with Crippen molar-refractivity contribution < 1.29 is 22.7 Å². The number of hydrogen-bond donors (Lipinski definition) is 1. The zero-order valence-corrected chi connectivity index (χ0v) is 24.4. The first-order valence-electron chi connectivity index (χ1n) is 12.8. The SMILES string of the molecule is CCOC(=O)C1=C(CN2CCN(S(=O)(=O)c3ccccc3)[C@@H](C)C2)N(CC)C(=O)N[C@H]1c1ccc(Cl)c(Cl)c1. The molecule has 0 spiro atoms. The van der Waals surface area contributed by atoms with E-state index in [9.17, 15) is 18.0 Å². The predicted molar refractivity (Wildman–Crippen MR) is 150 cm³/mol. The van der Waals surface area contributed by atoms with Crippen LogP contribution in [-0.2, 0) is 19.6 Å². The highest BCUT2D eigenvalue weighted by Crippen LogP contribution is 2.35. The van der Waals surface area contributed by atoms with Crippen LogP contribution in [0.5, 0.6) is 0 Å². The van der Waals surface area contributed by atoms with E-state index in [2.05, 4.69) is 10.2 Å². The van der Waals surface area contributed by atoms with Crippen molar-refractivity contribution in [3.8, 4) is 0 Å². The Morgan fingerprint density at radius 2 is 1.79 bits per heavy atom. The van der Waals surface area contributed by atoms with Gasteiger partial charge in [0.15, 0.2) is 0 Å². The Morgan fingerprint density at radius 3 is 2.41 bits per heavy atom. The lowest BCUT2D eigenvalue weighted by atomic mass is 9.94. The van der Waals surface area contributed by atoms with E-state index in [1.807, 2.05) is 13.8 Å². The predicted octanol–water partition coefficient (Wildman–Crippen LogP) is 4.29. The van der Waals surface area contributed by atoms with Crippen molar-refractivity contribution in [3.05, 3.63) is 75.4 Å². The maximum atomic E-state index is 13.3. The number of ether oxygens (including phenoxy) is 1. The molecule has 2 atom stereocenters. The molecule has 1 fully saturated rings. The van der Waals surface area contributed by atoms with Gasteiger partial charge in [-0.3, -0.25) is 9.80 Å². The third-order valence-corrected chi connectivity index (χ3v) is 9.67. The number of urea groups is 1. The Kier molecular flexibility index (Phi) is 9.23. The summed E-state index contributed by atoms with van der Waals surface area (Å²) in [5.74, 6) is -0.541. The molecule has 2 aromatic carbocycles. The molecular formula is C27H32Cl2N4O5S. The van der Waals surface area contributed by atoms with E-state index < -0.39 is 22.0 Å². The van der Waals surface area contributed by atoms with Gasteiger partial charge in [-0.1, -0.05) is 47.5 Å². The second kappa shape index (κ2) is 12.3. The van der Waals surface area contributed by atoms with Crippen LogP contribution >= 0.6 is 23.2 Å². The number of esters is 1. The van der Waals surface area contributed by atoms with Crippen molar-refractivity contribution in [2.75, 3.05) is 39.3 Å². The van der Waals surface area contributed by atoms with E-state index in [1.165, 1.54) is 9.21 Å². The lowest BCUT2D eigenvalue weighted by Crippen LogP contribution is -2.56. The summed E-state index contributed by atoms with van der Waals surface area (Å²) in [5, 5.41) is 3.57. The largest absolute Gasteiger partial charge is 0.463 e. The Morgan fingerprint density at radius 1 is 1.08 bits per heavy atom. The normalized spacial score (nSPS) is 21.2. The van der Waals surface area contributed by atoms with Crippen molar-refractivity contribution in [2.24, 2.45) is 0 Å². The number of rotatable bonds is 8. The summed E-state index contributed by atoms with van der Waals surface area (Å²) < 4.78 is 33.4. The Labute approximate surface area is 239 Å². The maximum Gasteiger partial charge on any atom is 0.338 e. The molecule has 0 saturated carbocycles.